The Balaban J connectivity index is 2.14. The molecule has 22 heavy (non-hydrogen) atoms. The van der Waals surface area contributed by atoms with Crippen molar-refractivity contribution < 1.29 is 17.9 Å². The smallest absolute Gasteiger partial charge is 0.401 e. The molecule has 3 nitrogen and oxygen atoms in total. The van der Waals surface area contributed by atoms with E-state index in [1.54, 1.807) is 0 Å². The lowest BCUT2D eigenvalue weighted by atomic mass is 9.96. The van der Waals surface area contributed by atoms with Crippen LogP contribution >= 0.6 is 0 Å². The molecule has 0 spiro atoms. The van der Waals surface area contributed by atoms with Crippen LogP contribution in [0.1, 0.15) is 30.5 Å². The van der Waals surface area contributed by atoms with Gasteiger partial charge < -0.3 is 10.1 Å². The molecule has 124 valence electrons. The van der Waals surface area contributed by atoms with Crippen LogP contribution in [0.15, 0.2) is 12.1 Å². The Morgan fingerprint density at radius 1 is 1.23 bits per heavy atom. The minimum Gasteiger partial charge on any atom is -0.494 e. The quantitative estimate of drug-likeness (QED) is 0.873. The van der Waals surface area contributed by atoms with Gasteiger partial charge in [0, 0.05) is 25.2 Å². The normalized spacial score (nSPS) is 15.7. The van der Waals surface area contributed by atoms with Gasteiger partial charge in [0.25, 0.3) is 0 Å². The van der Waals surface area contributed by atoms with E-state index in [-0.39, 0.29) is 6.54 Å². The Hall–Kier alpha value is -1.27. The van der Waals surface area contributed by atoms with E-state index in [0.717, 1.165) is 31.6 Å². The summed E-state index contributed by atoms with van der Waals surface area (Å²) in [6.07, 6.45) is -3.26. The molecule has 1 aromatic rings. The number of halogens is 3. The summed E-state index contributed by atoms with van der Waals surface area (Å²) in [7, 11) is 0. The van der Waals surface area contributed by atoms with E-state index in [2.05, 4.69) is 17.1 Å². The zero-order valence-corrected chi connectivity index (χ0v) is 13.1. The van der Waals surface area contributed by atoms with Crippen LogP contribution in [0.3, 0.4) is 0 Å². The van der Waals surface area contributed by atoms with E-state index < -0.39 is 12.7 Å². The molecule has 1 aliphatic heterocycles. The van der Waals surface area contributed by atoms with E-state index in [0.29, 0.717) is 12.4 Å². The van der Waals surface area contributed by atoms with Gasteiger partial charge in [-0.05, 0) is 37.1 Å². The van der Waals surface area contributed by atoms with Gasteiger partial charge in [0.2, 0.25) is 0 Å². The molecule has 0 bridgehead atoms. The third-order valence-corrected chi connectivity index (χ3v) is 3.86. The van der Waals surface area contributed by atoms with Crippen molar-refractivity contribution in [2.24, 2.45) is 0 Å². The van der Waals surface area contributed by atoms with Crippen molar-refractivity contribution in [1.29, 1.82) is 0 Å². The second-order valence-corrected chi connectivity index (χ2v) is 5.50. The summed E-state index contributed by atoms with van der Waals surface area (Å²) < 4.78 is 42.4. The standard InChI is InChI=1S/C16H23F3N2O/c1-3-21-6-5-12-7-13(9-20-11-16(17,18)19)15(22-4-2)8-14(12)10-21/h7-8,20H,3-6,9-11H2,1-2H3. The van der Waals surface area contributed by atoms with Gasteiger partial charge in [-0.3, -0.25) is 4.90 Å². The molecule has 1 heterocycles. The summed E-state index contributed by atoms with van der Waals surface area (Å²) in [5, 5.41) is 2.45. The highest BCUT2D eigenvalue weighted by Crippen LogP contribution is 2.28. The van der Waals surface area contributed by atoms with Crippen molar-refractivity contribution >= 4 is 0 Å². The Labute approximate surface area is 129 Å². The Morgan fingerprint density at radius 3 is 2.64 bits per heavy atom. The number of rotatable bonds is 6. The summed E-state index contributed by atoms with van der Waals surface area (Å²) in [6, 6.07) is 3.99. The number of hydrogen-bond acceptors (Lipinski definition) is 3. The maximum absolute atomic E-state index is 12.3. The zero-order chi connectivity index (χ0) is 16.2. The van der Waals surface area contributed by atoms with Crippen LogP contribution in [0.25, 0.3) is 0 Å². The van der Waals surface area contributed by atoms with Crippen LogP contribution in [0, 0.1) is 0 Å². The zero-order valence-electron chi connectivity index (χ0n) is 13.1. The van der Waals surface area contributed by atoms with E-state index in [1.807, 2.05) is 19.1 Å². The molecule has 0 saturated heterocycles. The highest BCUT2D eigenvalue weighted by Gasteiger charge is 2.26. The Bertz CT molecular complexity index is 503. The van der Waals surface area contributed by atoms with Gasteiger partial charge in [-0.15, -0.1) is 0 Å². The van der Waals surface area contributed by atoms with E-state index >= 15 is 0 Å². The van der Waals surface area contributed by atoms with E-state index in [9.17, 15) is 13.2 Å². The molecule has 1 N–H and O–H groups in total. The average molecular weight is 316 g/mol. The first-order valence-corrected chi connectivity index (χ1v) is 7.70. The summed E-state index contributed by atoms with van der Waals surface area (Å²) in [5.41, 5.74) is 3.24. The van der Waals surface area contributed by atoms with Gasteiger partial charge in [0.05, 0.1) is 13.2 Å². The minimum atomic E-state index is -4.19. The van der Waals surface area contributed by atoms with Crippen molar-refractivity contribution in [2.45, 2.75) is 39.5 Å². The first kappa shape index (κ1) is 17.1. The topological polar surface area (TPSA) is 24.5 Å². The largest absolute Gasteiger partial charge is 0.494 e. The number of nitrogens with one attached hydrogen (secondary N) is 1. The van der Waals surface area contributed by atoms with Gasteiger partial charge in [0.15, 0.2) is 0 Å². The fourth-order valence-corrected chi connectivity index (χ4v) is 2.73. The molecule has 1 aromatic carbocycles. The molecule has 0 radical (unpaired) electrons. The van der Waals surface area contributed by atoms with Crippen molar-refractivity contribution in [3.05, 3.63) is 28.8 Å². The van der Waals surface area contributed by atoms with Crippen LogP contribution in [0.5, 0.6) is 5.75 Å². The molecule has 0 saturated carbocycles. The number of nitrogens with zero attached hydrogens (tertiary/aromatic N) is 1. The molecule has 1 aliphatic rings. The first-order valence-electron chi connectivity index (χ1n) is 7.70. The monoisotopic (exact) mass is 316 g/mol. The molecule has 2 rings (SSSR count). The molecule has 0 aromatic heterocycles. The summed E-state index contributed by atoms with van der Waals surface area (Å²) in [4.78, 5) is 2.35. The highest BCUT2D eigenvalue weighted by atomic mass is 19.4. The lowest BCUT2D eigenvalue weighted by Gasteiger charge is -2.28. The van der Waals surface area contributed by atoms with Crippen LogP contribution in [-0.2, 0) is 19.5 Å². The van der Waals surface area contributed by atoms with Crippen molar-refractivity contribution in [2.75, 3.05) is 26.2 Å². The van der Waals surface area contributed by atoms with Gasteiger partial charge >= 0.3 is 6.18 Å². The van der Waals surface area contributed by atoms with Crippen LogP contribution in [0.2, 0.25) is 0 Å². The lowest BCUT2D eigenvalue weighted by Crippen LogP contribution is -2.31. The third-order valence-electron chi connectivity index (χ3n) is 3.86. The molecule has 0 fully saturated rings. The molecular weight excluding hydrogens is 293 g/mol. The molecule has 0 aliphatic carbocycles. The maximum Gasteiger partial charge on any atom is 0.401 e. The average Bonchev–Trinajstić information content (AvgIpc) is 2.46. The predicted octanol–water partition coefficient (Wildman–Crippen LogP) is 3.12. The number of alkyl halides is 3. The predicted molar refractivity (Wildman–Crippen MR) is 80.0 cm³/mol. The van der Waals surface area contributed by atoms with E-state index in [4.69, 9.17) is 4.74 Å². The van der Waals surface area contributed by atoms with Gasteiger partial charge in [-0.2, -0.15) is 13.2 Å². The highest BCUT2D eigenvalue weighted by molar-refractivity contribution is 5.44. The number of ether oxygens (including phenoxy) is 1. The number of likely N-dealkylation sites (N-methyl/N-ethyl adjacent to an activating group) is 1. The van der Waals surface area contributed by atoms with Crippen molar-refractivity contribution in [3.8, 4) is 5.75 Å². The molecule has 0 unspecified atom stereocenters. The van der Waals surface area contributed by atoms with Gasteiger partial charge in [-0.25, -0.2) is 0 Å². The Morgan fingerprint density at radius 2 is 2.00 bits per heavy atom. The van der Waals surface area contributed by atoms with Crippen LogP contribution < -0.4 is 10.1 Å². The summed E-state index contributed by atoms with van der Waals surface area (Å²) in [5.74, 6) is 0.689. The Kier molecular flexibility index (Phi) is 5.69. The second-order valence-electron chi connectivity index (χ2n) is 5.50. The SMILES string of the molecule is CCOc1cc2c(cc1CNCC(F)(F)F)CCN(CC)C2. The minimum absolute atomic E-state index is 0.166. The molecule has 6 heteroatoms. The fraction of sp³-hybridized carbons (Fsp3) is 0.625. The number of fused-ring (bicyclic) bond motifs is 1. The first-order chi connectivity index (χ1) is 10.4. The molecule has 0 amide bonds. The van der Waals surface area contributed by atoms with E-state index in [1.165, 1.54) is 11.1 Å². The third kappa shape index (κ3) is 4.61. The van der Waals surface area contributed by atoms with Crippen LogP contribution in [0.4, 0.5) is 13.2 Å². The second kappa shape index (κ2) is 7.33. The summed E-state index contributed by atoms with van der Waals surface area (Å²) in [6.45, 7) is 6.56. The number of benzene rings is 1. The van der Waals surface area contributed by atoms with Crippen LogP contribution in [-0.4, -0.2) is 37.3 Å². The number of hydrogen-bond donors (Lipinski definition) is 1. The fourth-order valence-electron chi connectivity index (χ4n) is 2.73. The van der Waals surface area contributed by atoms with Crippen molar-refractivity contribution in [3.63, 3.8) is 0 Å². The maximum atomic E-state index is 12.3. The molecular formula is C16H23F3N2O. The van der Waals surface area contributed by atoms with Gasteiger partial charge in [0.1, 0.15) is 5.75 Å². The van der Waals surface area contributed by atoms with Gasteiger partial charge in [-0.1, -0.05) is 13.0 Å². The lowest BCUT2D eigenvalue weighted by molar-refractivity contribution is -0.125. The molecule has 0 atom stereocenters. The summed E-state index contributed by atoms with van der Waals surface area (Å²) >= 11 is 0. The van der Waals surface area contributed by atoms with Crippen molar-refractivity contribution in [1.82, 2.24) is 10.2 Å².